The molecule has 0 bridgehead atoms. The molecule has 3 aromatic rings. The maximum atomic E-state index is 12.0. The SMILES string of the molecule is Cc1ccc(C(=O)NCCNc2nsc3ccccc23)cc1. The maximum absolute atomic E-state index is 12.0. The van der Waals surface area contributed by atoms with Crippen LogP contribution in [0, 0.1) is 6.92 Å². The van der Waals surface area contributed by atoms with E-state index in [1.807, 2.05) is 49.4 Å². The molecule has 0 radical (unpaired) electrons. The molecule has 1 amide bonds. The first-order valence-electron chi connectivity index (χ1n) is 7.17. The highest BCUT2D eigenvalue weighted by molar-refractivity contribution is 7.13. The molecule has 4 nitrogen and oxygen atoms in total. The van der Waals surface area contributed by atoms with Crippen LogP contribution in [0.25, 0.3) is 10.1 Å². The maximum Gasteiger partial charge on any atom is 0.251 e. The van der Waals surface area contributed by atoms with Crippen molar-refractivity contribution >= 4 is 33.3 Å². The highest BCUT2D eigenvalue weighted by Gasteiger charge is 2.06. The van der Waals surface area contributed by atoms with Crippen LogP contribution in [0.1, 0.15) is 15.9 Å². The second kappa shape index (κ2) is 6.58. The van der Waals surface area contributed by atoms with Crippen LogP contribution in [0.5, 0.6) is 0 Å². The number of carbonyl (C=O) groups is 1. The second-order valence-electron chi connectivity index (χ2n) is 5.08. The first-order valence-corrected chi connectivity index (χ1v) is 7.94. The standard InChI is InChI=1S/C17H17N3OS/c1-12-6-8-13(9-7-12)17(21)19-11-10-18-16-14-4-2-3-5-15(14)22-20-16/h2-9H,10-11H2,1H3,(H,18,20)(H,19,21). The predicted octanol–water partition coefficient (Wildman–Crippen LogP) is 3.45. The van der Waals surface area contributed by atoms with Crippen molar-refractivity contribution in [3.05, 3.63) is 59.7 Å². The summed E-state index contributed by atoms with van der Waals surface area (Å²) in [4.78, 5) is 12.0. The van der Waals surface area contributed by atoms with Gasteiger partial charge in [0.2, 0.25) is 0 Å². The lowest BCUT2D eigenvalue weighted by Gasteiger charge is -2.07. The molecular weight excluding hydrogens is 294 g/mol. The Balaban J connectivity index is 1.51. The van der Waals surface area contributed by atoms with E-state index in [0.29, 0.717) is 18.7 Å². The molecule has 1 aromatic heterocycles. The number of aryl methyl sites for hydroxylation is 1. The average Bonchev–Trinajstić information content (AvgIpc) is 2.95. The number of benzene rings is 2. The van der Waals surface area contributed by atoms with Crippen molar-refractivity contribution < 1.29 is 4.79 Å². The number of hydrogen-bond donors (Lipinski definition) is 2. The third-order valence-electron chi connectivity index (χ3n) is 3.39. The zero-order chi connectivity index (χ0) is 15.4. The summed E-state index contributed by atoms with van der Waals surface area (Å²) >= 11 is 1.48. The number of rotatable bonds is 5. The number of aromatic nitrogens is 1. The topological polar surface area (TPSA) is 54.0 Å². The lowest BCUT2D eigenvalue weighted by atomic mass is 10.1. The molecule has 2 N–H and O–H groups in total. The Morgan fingerprint density at radius 1 is 1.09 bits per heavy atom. The summed E-state index contributed by atoms with van der Waals surface area (Å²) < 4.78 is 5.56. The van der Waals surface area contributed by atoms with Gasteiger partial charge >= 0.3 is 0 Å². The molecule has 3 rings (SSSR count). The van der Waals surface area contributed by atoms with Crippen LogP contribution in [0.3, 0.4) is 0 Å². The molecule has 22 heavy (non-hydrogen) atoms. The van der Waals surface area contributed by atoms with E-state index in [0.717, 1.165) is 21.5 Å². The van der Waals surface area contributed by atoms with Gasteiger partial charge in [-0.15, -0.1) is 0 Å². The van der Waals surface area contributed by atoms with E-state index in [9.17, 15) is 4.79 Å². The molecule has 0 unspecified atom stereocenters. The molecule has 0 saturated heterocycles. The number of carbonyl (C=O) groups excluding carboxylic acids is 1. The zero-order valence-corrected chi connectivity index (χ0v) is 13.1. The molecule has 112 valence electrons. The summed E-state index contributed by atoms with van der Waals surface area (Å²) in [7, 11) is 0. The zero-order valence-electron chi connectivity index (χ0n) is 12.3. The molecule has 0 aliphatic rings. The minimum absolute atomic E-state index is 0.0510. The Labute approximate surface area is 133 Å². The van der Waals surface area contributed by atoms with Crippen LogP contribution in [0.2, 0.25) is 0 Å². The Kier molecular flexibility index (Phi) is 4.34. The molecule has 5 heteroatoms. The molecule has 0 spiro atoms. The van der Waals surface area contributed by atoms with E-state index in [1.165, 1.54) is 11.5 Å². The number of anilines is 1. The van der Waals surface area contributed by atoms with Gasteiger partial charge in [-0.3, -0.25) is 4.79 Å². The molecule has 0 aliphatic carbocycles. The summed E-state index contributed by atoms with van der Waals surface area (Å²) in [5.74, 6) is 0.829. The normalized spacial score (nSPS) is 10.6. The van der Waals surface area contributed by atoms with Crippen LogP contribution in [-0.4, -0.2) is 23.4 Å². The van der Waals surface area contributed by atoms with Crippen LogP contribution in [0.15, 0.2) is 48.5 Å². The molecule has 0 atom stereocenters. The van der Waals surface area contributed by atoms with Gasteiger partial charge in [-0.1, -0.05) is 29.8 Å². The molecule has 0 saturated carbocycles. The van der Waals surface area contributed by atoms with Crippen molar-refractivity contribution in [1.82, 2.24) is 9.69 Å². The van der Waals surface area contributed by atoms with Crippen LogP contribution in [0.4, 0.5) is 5.82 Å². The minimum Gasteiger partial charge on any atom is -0.367 e. The van der Waals surface area contributed by atoms with Crippen molar-refractivity contribution in [2.45, 2.75) is 6.92 Å². The van der Waals surface area contributed by atoms with Gasteiger partial charge in [0, 0.05) is 24.0 Å². The van der Waals surface area contributed by atoms with Gasteiger partial charge in [0.15, 0.2) is 0 Å². The monoisotopic (exact) mass is 311 g/mol. The highest BCUT2D eigenvalue weighted by atomic mass is 32.1. The third kappa shape index (κ3) is 3.26. The molecular formula is C17H17N3OS. The quantitative estimate of drug-likeness (QED) is 0.710. The van der Waals surface area contributed by atoms with Gasteiger partial charge < -0.3 is 10.6 Å². The number of amides is 1. The Morgan fingerprint density at radius 2 is 1.86 bits per heavy atom. The van der Waals surface area contributed by atoms with Gasteiger partial charge in [-0.05, 0) is 42.7 Å². The number of fused-ring (bicyclic) bond motifs is 1. The first kappa shape index (κ1) is 14.5. The molecule has 2 aromatic carbocycles. The van der Waals surface area contributed by atoms with Gasteiger partial charge in [0.1, 0.15) is 5.82 Å². The van der Waals surface area contributed by atoms with E-state index >= 15 is 0 Å². The van der Waals surface area contributed by atoms with Crippen LogP contribution < -0.4 is 10.6 Å². The summed E-state index contributed by atoms with van der Waals surface area (Å²) in [5.41, 5.74) is 1.83. The average molecular weight is 311 g/mol. The smallest absolute Gasteiger partial charge is 0.251 e. The van der Waals surface area contributed by atoms with E-state index in [2.05, 4.69) is 21.1 Å². The fourth-order valence-corrected chi connectivity index (χ4v) is 2.93. The van der Waals surface area contributed by atoms with E-state index in [1.54, 1.807) is 0 Å². The van der Waals surface area contributed by atoms with Gasteiger partial charge in [-0.2, -0.15) is 4.37 Å². The Hall–Kier alpha value is -2.40. The predicted molar refractivity (Wildman–Crippen MR) is 91.6 cm³/mol. The first-order chi connectivity index (χ1) is 10.7. The summed E-state index contributed by atoms with van der Waals surface area (Å²) in [6.45, 7) is 3.20. The molecule has 1 heterocycles. The van der Waals surface area contributed by atoms with Gasteiger partial charge in [0.05, 0.1) is 4.70 Å². The highest BCUT2D eigenvalue weighted by Crippen LogP contribution is 2.25. The van der Waals surface area contributed by atoms with Crippen molar-refractivity contribution in [3.8, 4) is 0 Å². The summed E-state index contributed by atoms with van der Waals surface area (Å²) in [6.07, 6.45) is 0. The van der Waals surface area contributed by atoms with Gasteiger partial charge in [0.25, 0.3) is 5.91 Å². The fraction of sp³-hybridized carbons (Fsp3) is 0.176. The fourth-order valence-electron chi connectivity index (χ4n) is 2.18. The van der Waals surface area contributed by atoms with Crippen molar-refractivity contribution in [2.24, 2.45) is 0 Å². The Bertz CT molecular complexity index is 780. The van der Waals surface area contributed by atoms with E-state index in [4.69, 9.17) is 0 Å². The number of hydrogen-bond acceptors (Lipinski definition) is 4. The van der Waals surface area contributed by atoms with Crippen LogP contribution >= 0.6 is 11.5 Å². The van der Waals surface area contributed by atoms with E-state index < -0.39 is 0 Å². The Morgan fingerprint density at radius 3 is 2.68 bits per heavy atom. The molecule has 0 aliphatic heterocycles. The van der Waals surface area contributed by atoms with Gasteiger partial charge in [-0.25, -0.2) is 0 Å². The lowest BCUT2D eigenvalue weighted by molar-refractivity contribution is 0.0955. The van der Waals surface area contributed by atoms with Crippen molar-refractivity contribution in [1.29, 1.82) is 0 Å². The van der Waals surface area contributed by atoms with Crippen molar-refractivity contribution in [2.75, 3.05) is 18.4 Å². The van der Waals surface area contributed by atoms with Crippen molar-refractivity contribution in [3.63, 3.8) is 0 Å². The number of nitrogens with one attached hydrogen (secondary N) is 2. The third-order valence-corrected chi connectivity index (χ3v) is 4.22. The summed E-state index contributed by atoms with van der Waals surface area (Å²) in [6, 6.07) is 15.7. The second-order valence-corrected chi connectivity index (χ2v) is 5.88. The van der Waals surface area contributed by atoms with E-state index in [-0.39, 0.29) is 5.91 Å². The molecule has 0 fully saturated rings. The minimum atomic E-state index is -0.0510. The largest absolute Gasteiger partial charge is 0.367 e. The lowest BCUT2D eigenvalue weighted by Crippen LogP contribution is -2.28. The number of nitrogens with zero attached hydrogens (tertiary/aromatic N) is 1. The summed E-state index contributed by atoms with van der Waals surface area (Å²) in [5, 5.41) is 7.29. The van der Waals surface area contributed by atoms with Crippen LogP contribution in [-0.2, 0) is 0 Å².